The number of nitrogens with one attached hydrogen (secondary N) is 1. The number of hydrogen-bond donors (Lipinski definition) is 1. The second-order valence-corrected chi connectivity index (χ2v) is 8.53. The quantitative estimate of drug-likeness (QED) is 0.914. The Kier molecular flexibility index (Phi) is 3.95. The molecule has 1 saturated carbocycles. The Hall–Kier alpha value is -0.380. The van der Waals surface area contributed by atoms with E-state index in [-0.39, 0.29) is 0 Å². The largest absolute Gasteiger partial charge is 0.308 e. The van der Waals surface area contributed by atoms with Crippen LogP contribution in [0.1, 0.15) is 43.4 Å². The summed E-state index contributed by atoms with van der Waals surface area (Å²) in [5, 5.41) is 3.82. The molecule has 3 rings (SSSR count). The van der Waals surface area contributed by atoms with Gasteiger partial charge in [0.15, 0.2) is 0 Å². The molecule has 1 aliphatic carbocycles. The molecular formula is C17H28N2S. The Labute approximate surface area is 127 Å². The third-order valence-electron chi connectivity index (χ3n) is 5.22. The van der Waals surface area contributed by atoms with Crippen molar-refractivity contribution in [2.75, 3.05) is 13.1 Å². The maximum atomic E-state index is 3.82. The molecule has 112 valence electrons. The summed E-state index contributed by atoms with van der Waals surface area (Å²) in [6.07, 6.45) is 4.04. The van der Waals surface area contributed by atoms with Crippen LogP contribution >= 0.6 is 11.3 Å². The van der Waals surface area contributed by atoms with Crippen LogP contribution in [-0.2, 0) is 6.42 Å². The van der Waals surface area contributed by atoms with Gasteiger partial charge < -0.3 is 5.32 Å². The summed E-state index contributed by atoms with van der Waals surface area (Å²) in [6, 6.07) is 5.85. The van der Waals surface area contributed by atoms with E-state index >= 15 is 0 Å². The summed E-state index contributed by atoms with van der Waals surface area (Å²) < 4.78 is 0. The Morgan fingerprint density at radius 2 is 2.20 bits per heavy atom. The van der Waals surface area contributed by atoms with E-state index in [4.69, 9.17) is 0 Å². The van der Waals surface area contributed by atoms with Crippen LogP contribution in [0.3, 0.4) is 0 Å². The predicted octanol–water partition coefficient (Wildman–Crippen LogP) is 3.45. The average molecular weight is 292 g/mol. The highest BCUT2D eigenvalue weighted by atomic mass is 32.1. The highest BCUT2D eigenvalue weighted by molar-refractivity contribution is 7.11. The zero-order chi connectivity index (χ0) is 14.3. The lowest BCUT2D eigenvalue weighted by molar-refractivity contribution is 0.0524. The van der Waals surface area contributed by atoms with Crippen molar-refractivity contribution >= 4 is 11.3 Å². The predicted molar refractivity (Wildman–Crippen MR) is 87.5 cm³/mol. The summed E-state index contributed by atoms with van der Waals surface area (Å²) in [5.74, 6) is 0.911. The number of aryl methyl sites for hydroxylation is 1. The van der Waals surface area contributed by atoms with Crippen molar-refractivity contribution in [3.63, 3.8) is 0 Å². The van der Waals surface area contributed by atoms with Gasteiger partial charge >= 0.3 is 0 Å². The van der Waals surface area contributed by atoms with Gasteiger partial charge in [-0.3, -0.25) is 4.90 Å². The third-order valence-corrected chi connectivity index (χ3v) is 6.24. The summed E-state index contributed by atoms with van der Waals surface area (Å²) in [7, 11) is 0. The molecule has 2 nitrogen and oxygen atoms in total. The Bertz CT molecular complexity index is 465. The number of piperazine rings is 1. The molecule has 0 amide bonds. The minimum absolute atomic E-state index is 0.353. The Morgan fingerprint density at radius 1 is 1.45 bits per heavy atom. The maximum absolute atomic E-state index is 3.82. The molecule has 1 aliphatic heterocycles. The Morgan fingerprint density at radius 3 is 2.80 bits per heavy atom. The molecule has 1 saturated heterocycles. The summed E-state index contributed by atoms with van der Waals surface area (Å²) in [5.41, 5.74) is 0.353. The maximum Gasteiger partial charge on any atom is 0.0309 e. The standard InChI is InChI=1S/C17H28N2S/c1-12(9-16-8-5-14(3)20-16)19-11-17(4,15-6-7-15)18-10-13(19)2/h5,8,12-13,15,18H,6-7,9-11H2,1-4H3. The monoisotopic (exact) mass is 292 g/mol. The number of hydrogen-bond acceptors (Lipinski definition) is 3. The van der Waals surface area contributed by atoms with Crippen molar-refractivity contribution in [3.8, 4) is 0 Å². The van der Waals surface area contributed by atoms with E-state index in [9.17, 15) is 0 Å². The summed E-state index contributed by atoms with van der Waals surface area (Å²) in [6.45, 7) is 11.8. The van der Waals surface area contributed by atoms with Crippen molar-refractivity contribution in [1.29, 1.82) is 0 Å². The van der Waals surface area contributed by atoms with Crippen molar-refractivity contribution in [3.05, 3.63) is 21.9 Å². The first-order valence-corrected chi connectivity index (χ1v) is 8.86. The van der Waals surface area contributed by atoms with Gasteiger partial charge in [0.2, 0.25) is 0 Å². The van der Waals surface area contributed by atoms with Crippen molar-refractivity contribution in [2.45, 2.75) is 64.6 Å². The lowest BCUT2D eigenvalue weighted by Gasteiger charge is -2.48. The molecule has 1 aromatic heterocycles. The smallest absolute Gasteiger partial charge is 0.0309 e. The highest BCUT2D eigenvalue weighted by Crippen LogP contribution is 2.41. The molecule has 1 N–H and O–H groups in total. The molecule has 2 aliphatic rings. The molecule has 20 heavy (non-hydrogen) atoms. The fourth-order valence-electron chi connectivity index (χ4n) is 3.68. The second kappa shape index (κ2) is 5.43. The van der Waals surface area contributed by atoms with E-state index in [1.54, 1.807) is 0 Å². The van der Waals surface area contributed by atoms with E-state index in [1.807, 2.05) is 11.3 Å². The van der Waals surface area contributed by atoms with Gasteiger partial charge in [0.1, 0.15) is 0 Å². The van der Waals surface area contributed by atoms with Crippen molar-refractivity contribution in [2.24, 2.45) is 5.92 Å². The molecule has 0 spiro atoms. The van der Waals surface area contributed by atoms with Gasteiger partial charge in [-0.15, -0.1) is 11.3 Å². The van der Waals surface area contributed by atoms with Crippen molar-refractivity contribution in [1.82, 2.24) is 10.2 Å². The van der Waals surface area contributed by atoms with Crippen LogP contribution in [0.5, 0.6) is 0 Å². The van der Waals surface area contributed by atoms with Gasteiger partial charge in [0.25, 0.3) is 0 Å². The number of rotatable bonds is 4. The van der Waals surface area contributed by atoms with E-state index < -0.39 is 0 Å². The fourth-order valence-corrected chi connectivity index (χ4v) is 4.69. The third kappa shape index (κ3) is 2.95. The number of thiophene rings is 1. The highest BCUT2D eigenvalue weighted by Gasteiger charge is 2.45. The average Bonchev–Trinajstić information content (AvgIpc) is 3.18. The molecule has 3 unspecified atom stereocenters. The SMILES string of the molecule is Cc1ccc(CC(C)N2CC(C)(C3CC3)NCC2C)s1. The first-order chi connectivity index (χ1) is 9.48. The Balaban J connectivity index is 1.67. The summed E-state index contributed by atoms with van der Waals surface area (Å²) >= 11 is 1.96. The first-order valence-electron chi connectivity index (χ1n) is 8.04. The van der Waals surface area contributed by atoms with Gasteiger partial charge in [-0.05, 0) is 65.0 Å². The van der Waals surface area contributed by atoms with Crippen LogP contribution in [0.4, 0.5) is 0 Å². The van der Waals surface area contributed by atoms with Crippen LogP contribution in [0.15, 0.2) is 12.1 Å². The van der Waals surface area contributed by atoms with Gasteiger partial charge in [0, 0.05) is 40.5 Å². The minimum atomic E-state index is 0.353. The first kappa shape index (κ1) is 14.6. The summed E-state index contributed by atoms with van der Waals surface area (Å²) in [4.78, 5) is 5.71. The topological polar surface area (TPSA) is 15.3 Å². The van der Waals surface area contributed by atoms with Gasteiger partial charge in [-0.1, -0.05) is 0 Å². The molecule has 3 heteroatoms. The van der Waals surface area contributed by atoms with Gasteiger partial charge in [-0.25, -0.2) is 0 Å². The molecular weight excluding hydrogens is 264 g/mol. The molecule has 2 heterocycles. The lowest BCUT2D eigenvalue weighted by atomic mass is 9.90. The molecule has 3 atom stereocenters. The van der Waals surface area contributed by atoms with E-state index in [0.717, 1.165) is 12.5 Å². The fraction of sp³-hybridized carbons (Fsp3) is 0.765. The van der Waals surface area contributed by atoms with Gasteiger partial charge in [-0.2, -0.15) is 0 Å². The van der Waals surface area contributed by atoms with Crippen LogP contribution < -0.4 is 5.32 Å². The van der Waals surface area contributed by atoms with Crippen LogP contribution in [-0.4, -0.2) is 35.6 Å². The molecule has 0 radical (unpaired) electrons. The zero-order valence-electron chi connectivity index (χ0n) is 13.3. The van der Waals surface area contributed by atoms with E-state index in [0.29, 0.717) is 17.6 Å². The zero-order valence-corrected chi connectivity index (χ0v) is 14.1. The van der Waals surface area contributed by atoms with E-state index in [1.165, 1.54) is 35.6 Å². The van der Waals surface area contributed by atoms with Crippen LogP contribution in [0.25, 0.3) is 0 Å². The van der Waals surface area contributed by atoms with E-state index in [2.05, 4.69) is 50.0 Å². The normalized spacial score (nSPS) is 33.3. The molecule has 2 fully saturated rings. The van der Waals surface area contributed by atoms with Crippen LogP contribution in [0, 0.1) is 12.8 Å². The second-order valence-electron chi connectivity index (χ2n) is 7.16. The minimum Gasteiger partial charge on any atom is -0.308 e. The van der Waals surface area contributed by atoms with Crippen LogP contribution in [0.2, 0.25) is 0 Å². The van der Waals surface area contributed by atoms with Crippen molar-refractivity contribution < 1.29 is 0 Å². The number of nitrogens with zero attached hydrogens (tertiary/aromatic N) is 1. The van der Waals surface area contributed by atoms with Gasteiger partial charge in [0.05, 0.1) is 0 Å². The molecule has 0 bridgehead atoms. The lowest BCUT2D eigenvalue weighted by Crippen LogP contribution is -2.65. The molecule has 0 aromatic carbocycles. The molecule has 1 aromatic rings.